The zero-order valence-corrected chi connectivity index (χ0v) is 12.9. The molecule has 1 aliphatic rings. The summed E-state index contributed by atoms with van der Waals surface area (Å²) in [7, 11) is 1.63. The highest BCUT2D eigenvalue weighted by Gasteiger charge is 2.28. The van der Waals surface area contributed by atoms with Crippen molar-refractivity contribution in [2.45, 2.75) is 25.3 Å². The quantitative estimate of drug-likeness (QED) is 0.827. The van der Waals surface area contributed by atoms with E-state index in [2.05, 4.69) is 15.3 Å². The molecule has 5 nitrogen and oxygen atoms in total. The zero-order valence-electron chi connectivity index (χ0n) is 12.2. The summed E-state index contributed by atoms with van der Waals surface area (Å²) in [6.45, 7) is 0.559. The van der Waals surface area contributed by atoms with Gasteiger partial charge < -0.3 is 10.1 Å². The number of aromatic nitrogens is 2. The van der Waals surface area contributed by atoms with Crippen molar-refractivity contribution in [3.63, 3.8) is 0 Å². The van der Waals surface area contributed by atoms with Crippen LogP contribution in [0.4, 0.5) is 5.82 Å². The number of aldehydes is 1. The Bertz CT molecular complexity index is 685. The fourth-order valence-electron chi connectivity index (χ4n) is 2.13. The number of benzene rings is 1. The van der Waals surface area contributed by atoms with Crippen LogP contribution in [0.5, 0.6) is 5.75 Å². The van der Waals surface area contributed by atoms with Crippen molar-refractivity contribution in [3.05, 3.63) is 46.4 Å². The molecule has 0 amide bonds. The maximum absolute atomic E-state index is 11.1. The first-order chi connectivity index (χ1) is 10.7. The minimum Gasteiger partial charge on any atom is -0.497 e. The van der Waals surface area contributed by atoms with Crippen LogP contribution in [0.3, 0.4) is 0 Å². The largest absolute Gasteiger partial charge is 0.497 e. The number of ether oxygens (including phenoxy) is 1. The van der Waals surface area contributed by atoms with Crippen LogP contribution in [0, 0.1) is 0 Å². The summed E-state index contributed by atoms with van der Waals surface area (Å²) in [6.07, 6.45) is 2.81. The van der Waals surface area contributed by atoms with Gasteiger partial charge in [-0.3, -0.25) is 4.79 Å². The summed E-state index contributed by atoms with van der Waals surface area (Å²) < 4.78 is 5.13. The van der Waals surface area contributed by atoms with E-state index in [4.69, 9.17) is 16.3 Å². The first-order valence-electron chi connectivity index (χ1n) is 7.10. The third-order valence-corrected chi connectivity index (χ3v) is 3.94. The lowest BCUT2D eigenvalue weighted by atomic mass is 10.2. The smallest absolute Gasteiger partial charge is 0.170 e. The number of carbonyl (C=O) groups excluding carboxylic acids is 1. The van der Waals surface area contributed by atoms with E-state index in [1.807, 2.05) is 24.3 Å². The van der Waals surface area contributed by atoms with Crippen LogP contribution >= 0.6 is 11.6 Å². The van der Waals surface area contributed by atoms with Gasteiger partial charge in [-0.15, -0.1) is 0 Å². The predicted molar refractivity (Wildman–Crippen MR) is 84.7 cm³/mol. The summed E-state index contributed by atoms with van der Waals surface area (Å²) >= 11 is 6.18. The van der Waals surface area contributed by atoms with Gasteiger partial charge in [0, 0.05) is 12.5 Å². The van der Waals surface area contributed by atoms with Gasteiger partial charge in [-0.2, -0.15) is 0 Å². The molecule has 1 aromatic carbocycles. The molecule has 22 heavy (non-hydrogen) atoms. The lowest BCUT2D eigenvalue weighted by Crippen LogP contribution is -2.07. The fraction of sp³-hybridized carbons (Fsp3) is 0.312. The highest BCUT2D eigenvalue weighted by atomic mass is 35.5. The molecule has 3 rings (SSSR count). The first kappa shape index (κ1) is 14.8. The SMILES string of the molecule is COc1ccc(CNc2nc(C3CC3)nc(C=O)c2Cl)cc1. The van der Waals surface area contributed by atoms with Gasteiger partial charge in [0.05, 0.1) is 7.11 Å². The summed E-state index contributed by atoms with van der Waals surface area (Å²) in [5.41, 5.74) is 1.31. The summed E-state index contributed by atoms with van der Waals surface area (Å²) in [4.78, 5) is 19.8. The van der Waals surface area contributed by atoms with Crippen molar-refractivity contribution in [1.29, 1.82) is 0 Å². The van der Waals surface area contributed by atoms with Crippen LogP contribution in [0.25, 0.3) is 0 Å². The van der Waals surface area contributed by atoms with Gasteiger partial charge in [-0.05, 0) is 30.5 Å². The molecule has 1 aromatic heterocycles. The molecule has 0 spiro atoms. The lowest BCUT2D eigenvalue weighted by molar-refractivity contribution is 0.111. The number of methoxy groups -OCH3 is 1. The van der Waals surface area contributed by atoms with E-state index < -0.39 is 0 Å². The molecular formula is C16H16ClN3O2. The van der Waals surface area contributed by atoms with Gasteiger partial charge in [0.25, 0.3) is 0 Å². The molecule has 0 radical (unpaired) electrons. The Morgan fingerprint density at radius 3 is 2.64 bits per heavy atom. The van der Waals surface area contributed by atoms with Crippen LogP contribution in [0.2, 0.25) is 5.02 Å². The van der Waals surface area contributed by atoms with Gasteiger partial charge >= 0.3 is 0 Å². The molecular weight excluding hydrogens is 302 g/mol. The molecule has 114 valence electrons. The highest BCUT2D eigenvalue weighted by molar-refractivity contribution is 6.35. The first-order valence-corrected chi connectivity index (χ1v) is 7.48. The third-order valence-electron chi connectivity index (χ3n) is 3.57. The van der Waals surface area contributed by atoms with Crippen molar-refractivity contribution in [3.8, 4) is 5.75 Å². The van der Waals surface area contributed by atoms with E-state index in [0.717, 1.165) is 24.2 Å². The average Bonchev–Trinajstić information content (AvgIpc) is 3.39. The maximum atomic E-state index is 11.1. The molecule has 2 aromatic rings. The molecule has 1 N–H and O–H groups in total. The number of rotatable bonds is 6. The molecule has 1 saturated carbocycles. The van der Waals surface area contributed by atoms with Crippen molar-refractivity contribution in [2.75, 3.05) is 12.4 Å². The monoisotopic (exact) mass is 317 g/mol. The van der Waals surface area contributed by atoms with Crippen molar-refractivity contribution in [1.82, 2.24) is 9.97 Å². The number of halogens is 1. The zero-order chi connectivity index (χ0) is 15.5. The molecule has 0 unspecified atom stereocenters. The topological polar surface area (TPSA) is 64.1 Å². The van der Waals surface area contributed by atoms with Crippen molar-refractivity contribution < 1.29 is 9.53 Å². The second-order valence-corrected chi connectivity index (χ2v) is 5.60. The van der Waals surface area contributed by atoms with Gasteiger partial charge in [-0.25, -0.2) is 9.97 Å². The standard InChI is InChI=1S/C16H16ClN3O2/c1-22-12-6-2-10(3-7-12)8-18-16-14(17)13(9-21)19-15(20-16)11-4-5-11/h2-3,6-7,9,11H,4-5,8H2,1H3,(H,18,19,20). The maximum Gasteiger partial charge on any atom is 0.170 e. The minimum atomic E-state index is 0.246. The fourth-order valence-corrected chi connectivity index (χ4v) is 2.33. The minimum absolute atomic E-state index is 0.246. The second kappa shape index (κ2) is 6.32. The molecule has 6 heteroatoms. The summed E-state index contributed by atoms with van der Waals surface area (Å²) in [6, 6.07) is 7.71. The Kier molecular flexibility index (Phi) is 4.24. The molecule has 1 aliphatic carbocycles. The molecule has 1 heterocycles. The van der Waals surface area contributed by atoms with E-state index in [9.17, 15) is 4.79 Å². The highest BCUT2D eigenvalue weighted by Crippen LogP contribution is 2.39. The molecule has 1 fully saturated rings. The van der Waals surface area contributed by atoms with Crippen LogP contribution < -0.4 is 10.1 Å². The Hall–Kier alpha value is -2.14. The van der Waals surface area contributed by atoms with Crippen LogP contribution in [-0.2, 0) is 6.54 Å². The molecule has 0 atom stereocenters. The van der Waals surface area contributed by atoms with E-state index >= 15 is 0 Å². The van der Waals surface area contributed by atoms with Gasteiger partial charge in [0.1, 0.15) is 28.1 Å². The Balaban J connectivity index is 1.78. The number of nitrogens with zero attached hydrogens (tertiary/aromatic N) is 2. The summed E-state index contributed by atoms with van der Waals surface area (Å²) in [5.74, 6) is 2.38. The number of nitrogens with one attached hydrogen (secondary N) is 1. The van der Waals surface area contributed by atoms with Gasteiger partial charge in [0.2, 0.25) is 0 Å². The van der Waals surface area contributed by atoms with Gasteiger partial charge in [-0.1, -0.05) is 23.7 Å². The van der Waals surface area contributed by atoms with Crippen molar-refractivity contribution >= 4 is 23.7 Å². The van der Waals surface area contributed by atoms with Crippen LogP contribution in [-0.4, -0.2) is 23.4 Å². The van der Waals surface area contributed by atoms with E-state index in [0.29, 0.717) is 30.4 Å². The molecule has 0 saturated heterocycles. The molecule has 0 bridgehead atoms. The Labute approximate surface area is 133 Å². The van der Waals surface area contributed by atoms with Gasteiger partial charge in [0.15, 0.2) is 6.29 Å². The predicted octanol–water partition coefficient (Wildman–Crippen LogP) is 3.44. The second-order valence-electron chi connectivity index (χ2n) is 5.22. The van der Waals surface area contributed by atoms with Crippen LogP contribution in [0.15, 0.2) is 24.3 Å². The number of hydrogen-bond acceptors (Lipinski definition) is 5. The number of anilines is 1. The molecule has 0 aliphatic heterocycles. The normalized spacial score (nSPS) is 13.7. The summed E-state index contributed by atoms with van der Waals surface area (Å²) in [5, 5.41) is 3.45. The number of hydrogen-bond donors (Lipinski definition) is 1. The third kappa shape index (κ3) is 3.20. The van der Waals surface area contributed by atoms with Crippen LogP contribution in [0.1, 0.15) is 40.6 Å². The Morgan fingerprint density at radius 1 is 1.32 bits per heavy atom. The van der Waals surface area contributed by atoms with E-state index in [-0.39, 0.29) is 10.7 Å². The lowest BCUT2D eigenvalue weighted by Gasteiger charge is -2.11. The number of carbonyl (C=O) groups is 1. The van der Waals surface area contributed by atoms with E-state index in [1.165, 1.54) is 0 Å². The van der Waals surface area contributed by atoms with Crippen molar-refractivity contribution in [2.24, 2.45) is 0 Å². The van der Waals surface area contributed by atoms with E-state index in [1.54, 1.807) is 7.11 Å². The Morgan fingerprint density at radius 2 is 2.05 bits per heavy atom. The average molecular weight is 318 g/mol.